The van der Waals surface area contributed by atoms with E-state index in [0.29, 0.717) is 5.69 Å². The second kappa shape index (κ2) is 6.72. The summed E-state index contributed by atoms with van der Waals surface area (Å²) in [6, 6.07) is 5.80. The van der Waals surface area contributed by atoms with E-state index < -0.39 is 10.0 Å². The Labute approximate surface area is 154 Å². The highest BCUT2D eigenvalue weighted by molar-refractivity contribution is 7.92. The van der Waals surface area contributed by atoms with Crippen LogP contribution in [-0.2, 0) is 16.6 Å². The molecule has 7 heteroatoms. The molecule has 2 aromatic heterocycles. The second-order valence-electron chi connectivity index (χ2n) is 6.75. The number of nitrogens with one attached hydrogen (secondary N) is 1. The lowest BCUT2D eigenvalue weighted by Gasteiger charge is -2.12. The lowest BCUT2D eigenvalue weighted by atomic mass is 10.0. The minimum absolute atomic E-state index is 0.588. The fourth-order valence-corrected chi connectivity index (χ4v) is 3.75. The summed E-state index contributed by atoms with van der Waals surface area (Å²) in [5, 5.41) is 5.40. The van der Waals surface area contributed by atoms with Crippen LogP contribution in [-0.4, -0.2) is 29.4 Å². The van der Waals surface area contributed by atoms with Crippen LogP contribution in [0.5, 0.6) is 0 Å². The van der Waals surface area contributed by atoms with E-state index >= 15 is 0 Å². The first-order valence-electron chi connectivity index (χ1n) is 8.62. The summed E-state index contributed by atoms with van der Waals surface area (Å²) in [7, 11) is -3.32. The molecule has 0 saturated carbocycles. The average molecular weight is 372 g/mol. The molecule has 138 valence electrons. The van der Waals surface area contributed by atoms with Crippen molar-refractivity contribution in [2.75, 3.05) is 11.0 Å². The third kappa shape index (κ3) is 3.58. The molecule has 0 unspecified atom stereocenters. The first-order valence-corrected chi connectivity index (χ1v) is 10.5. The fraction of sp³-hybridized carbons (Fsp3) is 0.368. The van der Waals surface area contributed by atoms with Crippen molar-refractivity contribution in [3.63, 3.8) is 0 Å². The molecule has 1 N–H and O–H groups in total. The van der Waals surface area contributed by atoms with E-state index in [1.165, 1.54) is 0 Å². The molecule has 0 bridgehead atoms. The summed E-state index contributed by atoms with van der Waals surface area (Å²) in [6.07, 6.45) is 4.05. The molecule has 0 aliphatic carbocycles. The van der Waals surface area contributed by atoms with Crippen LogP contribution in [0.4, 0.5) is 5.69 Å². The highest BCUT2D eigenvalue weighted by Gasteiger charge is 2.14. The van der Waals surface area contributed by atoms with Gasteiger partial charge in [0.05, 0.1) is 29.4 Å². The third-order valence-corrected chi connectivity index (χ3v) is 5.06. The molecule has 0 aliphatic heterocycles. The van der Waals surface area contributed by atoms with Crippen molar-refractivity contribution >= 4 is 26.6 Å². The number of hydrogen-bond donors (Lipinski definition) is 1. The van der Waals surface area contributed by atoms with Gasteiger partial charge in [-0.05, 0) is 56.5 Å². The molecule has 2 heterocycles. The molecular weight excluding hydrogens is 348 g/mol. The van der Waals surface area contributed by atoms with Gasteiger partial charge >= 0.3 is 0 Å². The molecule has 26 heavy (non-hydrogen) atoms. The lowest BCUT2D eigenvalue weighted by Crippen LogP contribution is -2.10. The van der Waals surface area contributed by atoms with Crippen LogP contribution in [0, 0.1) is 20.8 Å². The summed E-state index contributed by atoms with van der Waals surface area (Å²) in [4.78, 5) is 4.81. The van der Waals surface area contributed by atoms with Crippen molar-refractivity contribution in [3.8, 4) is 11.3 Å². The van der Waals surface area contributed by atoms with Gasteiger partial charge in [0.2, 0.25) is 10.0 Å². The summed E-state index contributed by atoms with van der Waals surface area (Å²) in [5.74, 6) is 0. The molecule has 1 aromatic carbocycles. The third-order valence-electron chi connectivity index (χ3n) is 4.47. The van der Waals surface area contributed by atoms with Crippen molar-refractivity contribution < 1.29 is 8.42 Å². The summed E-state index contributed by atoms with van der Waals surface area (Å²) in [5.41, 5.74) is 6.33. The van der Waals surface area contributed by atoms with E-state index in [9.17, 15) is 8.42 Å². The quantitative estimate of drug-likeness (QED) is 0.739. The molecule has 3 aromatic rings. The minimum atomic E-state index is -3.32. The molecule has 0 spiro atoms. The van der Waals surface area contributed by atoms with Gasteiger partial charge in [0.15, 0.2) is 0 Å². The zero-order valence-electron chi connectivity index (χ0n) is 15.8. The Kier molecular flexibility index (Phi) is 4.75. The predicted octanol–water partition coefficient (Wildman–Crippen LogP) is 3.81. The monoisotopic (exact) mass is 372 g/mol. The van der Waals surface area contributed by atoms with Crippen molar-refractivity contribution in [2.45, 2.75) is 40.7 Å². The van der Waals surface area contributed by atoms with Crippen LogP contribution < -0.4 is 4.72 Å². The van der Waals surface area contributed by atoms with E-state index in [4.69, 9.17) is 4.98 Å². The Morgan fingerprint density at radius 1 is 1.12 bits per heavy atom. The van der Waals surface area contributed by atoms with Crippen LogP contribution in [0.1, 0.15) is 30.2 Å². The van der Waals surface area contributed by atoms with Gasteiger partial charge in [-0.25, -0.2) is 13.4 Å². The number of pyridine rings is 1. The van der Waals surface area contributed by atoms with Crippen LogP contribution >= 0.6 is 0 Å². The molecule has 0 atom stereocenters. The maximum absolute atomic E-state index is 11.6. The van der Waals surface area contributed by atoms with E-state index in [1.54, 1.807) is 0 Å². The first kappa shape index (κ1) is 18.4. The van der Waals surface area contributed by atoms with Gasteiger partial charge < -0.3 is 0 Å². The zero-order chi connectivity index (χ0) is 19.1. The number of aryl methyl sites for hydroxylation is 3. The van der Waals surface area contributed by atoms with E-state index in [2.05, 4.69) is 23.7 Å². The number of anilines is 1. The van der Waals surface area contributed by atoms with Crippen molar-refractivity contribution in [2.24, 2.45) is 0 Å². The van der Waals surface area contributed by atoms with Gasteiger partial charge in [0.25, 0.3) is 0 Å². The van der Waals surface area contributed by atoms with Crippen LogP contribution in [0.15, 0.2) is 24.4 Å². The van der Waals surface area contributed by atoms with Crippen molar-refractivity contribution in [3.05, 3.63) is 41.2 Å². The van der Waals surface area contributed by atoms with Gasteiger partial charge in [0, 0.05) is 23.2 Å². The van der Waals surface area contributed by atoms with Gasteiger partial charge in [-0.15, -0.1) is 0 Å². The second-order valence-corrected chi connectivity index (χ2v) is 8.50. The average Bonchev–Trinajstić information content (AvgIpc) is 2.89. The molecule has 0 fully saturated rings. The number of benzene rings is 1. The Balaban J connectivity index is 2.13. The Hall–Kier alpha value is -2.41. The van der Waals surface area contributed by atoms with E-state index in [-0.39, 0.29) is 0 Å². The SMILES string of the molecule is CCCn1ncc(-c2cc(C)c3cc(NS(C)(=O)=O)c(C)cc3n2)c1C. The van der Waals surface area contributed by atoms with Crippen LogP contribution in [0.25, 0.3) is 22.2 Å². The highest BCUT2D eigenvalue weighted by Crippen LogP contribution is 2.30. The maximum atomic E-state index is 11.6. The summed E-state index contributed by atoms with van der Waals surface area (Å²) in [6.45, 7) is 8.96. The van der Waals surface area contributed by atoms with Crippen LogP contribution in [0.3, 0.4) is 0 Å². The Morgan fingerprint density at radius 3 is 2.50 bits per heavy atom. The standard InChI is InChI=1S/C19H24N4O2S/c1-6-7-23-14(4)16(11-20-23)19-8-12(2)15-10-17(22-26(5,24)25)13(3)9-18(15)21-19/h8-11,22H,6-7H2,1-5H3. The first-order chi connectivity index (χ1) is 12.2. The number of aromatic nitrogens is 3. The molecule has 3 rings (SSSR count). The number of hydrogen-bond acceptors (Lipinski definition) is 4. The smallest absolute Gasteiger partial charge is 0.229 e. The molecular formula is C19H24N4O2S. The maximum Gasteiger partial charge on any atom is 0.229 e. The van der Waals surface area contributed by atoms with E-state index in [1.807, 2.05) is 42.9 Å². The Morgan fingerprint density at radius 2 is 1.85 bits per heavy atom. The lowest BCUT2D eigenvalue weighted by molar-refractivity contribution is 0.587. The molecule has 0 radical (unpaired) electrons. The largest absolute Gasteiger partial charge is 0.283 e. The fourth-order valence-electron chi connectivity index (χ4n) is 3.13. The number of sulfonamides is 1. The molecule has 0 amide bonds. The van der Waals surface area contributed by atoms with Gasteiger partial charge in [-0.3, -0.25) is 9.40 Å². The number of fused-ring (bicyclic) bond motifs is 1. The zero-order valence-corrected chi connectivity index (χ0v) is 16.6. The number of rotatable bonds is 5. The topological polar surface area (TPSA) is 76.9 Å². The van der Waals surface area contributed by atoms with Crippen molar-refractivity contribution in [1.29, 1.82) is 0 Å². The molecule has 0 aliphatic rings. The predicted molar refractivity (Wildman–Crippen MR) is 106 cm³/mol. The highest BCUT2D eigenvalue weighted by atomic mass is 32.2. The number of nitrogens with zero attached hydrogens (tertiary/aromatic N) is 3. The van der Waals surface area contributed by atoms with Gasteiger partial charge in [-0.1, -0.05) is 6.92 Å². The van der Waals surface area contributed by atoms with Crippen molar-refractivity contribution in [1.82, 2.24) is 14.8 Å². The normalized spacial score (nSPS) is 11.9. The summed E-state index contributed by atoms with van der Waals surface area (Å²) >= 11 is 0. The Bertz CT molecular complexity index is 1080. The molecule has 0 saturated heterocycles. The molecule has 6 nitrogen and oxygen atoms in total. The van der Waals surface area contributed by atoms with Crippen LogP contribution in [0.2, 0.25) is 0 Å². The van der Waals surface area contributed by atoms with Gasteiger partial charge in [0.1, 0.15) is 0 Å². The minimum Gasteiger partial charge on any atom is -0.283 e. The van der Waals surface area contributed by atoms with E-state index in [0.717, 1.165) is 58.2 Å². The van der Waals surface area contributed by atoms with Gasteiger partial charge in [-0.2, -0.15) is 5.10 Å². The summed E-state index contributed by atoms with van der Waals surface area (Å²) < 4.78 is 27.7.